The summed E-state index contributed by atoms with van der Waals surface area (Å²) in [6.07, 6.45) is 14.6. The first kappa shape index (κ1) is 27.2. The van der Waals surface area contributed by atoms with Crippen LogP contribution in [-0.2, 0) is 14.2 Å². The van der Waals surface area contributed by atoms with E-state index in [9.17, 15) is 0 Å². The van der Waals surface area contributed by atoms with Crippen molar-refractivity contribution in [3.05, 3.63) is 48.5 Å². The number of alkyl halides is 1. The van der Waals surface area contributed by atoms with E-state index in [1.54, 1.807) is 7.11 Å². The minimum atomic E-state index is -0.269. The molecule has 1 heterocycles. The molecule has 0 amide bonds. The van der Waals surface area contributed by atoms with E-state index in [1.807, 2.05) is 12.2 Å². The van der Waals surface area contributed by atoms with Crippen LogP contribution in [0.5, 0.6) is 0 Å². The molecule has 32 heavy (non-hydrogen) atoms. The van der Waals surface area contributed by atoms with Crippen molar-refractivity contribution in [2.45, 2.75) is 96.4 Å². The summed E-state index contributed by atoms with van der Waals surface area (Å²) in [5.74, 6) is 1.95. The SMILES string of the molecule is C=CCC1=CC(=C)OC(C)(CCC)[C@@H](C)C2(CCC=C1OCOC)CC[C@H](Br)C(C)(C)C2. The van der Waals surface area contributed by atoms with E-state index in [1.165, 1.54) is 19.3 Å². The summed E-state index contributed by atoms with van der Waals surface area (Å²) in [7, 11) is 1.65. The molecule has 182 valence electrons. The molecule has 4 atom stereocenters. The summed E-state index contributed by atoms with van der Waals surface area (Å²) in [5, 5.41) is 0. The van der Waals surface area contributed by atoms with Gasteiger partial charge in [0.25, 0.3) is 0 Å². The number of methoxy groups -OCH3 is 1. The molecule has 2 unspecified atom stereocenters. The van der Waals surface area contributed by atoms with Gasteiger partial charge in [0, 0.05) is 23.4 Å². The van der Waals surface area contributed by atoms with Gasteiger partial charge in [-0.15, -0.1) is 6.58 Å². The predicted octanol–water partition coefficient (Wildman–Crippen LogP) is 8.47. The highest BCUT2D eigenvalue weighted by Gasteiger charge is 2.52. The maximum Gasteiger partial charge on any atom is 0.188 e. The molecule has 0 saturated heterocycles. The van der Waals surface area contributed by atoms with Gasteiger partial charge in [0.05, 0.1) is 0 Å². The third kappa shape index (κ3) is 6.32. The Balaban J connectivity index is 2.56. The summed E-state index contributed by atoms with van der Waals surface area (Å²) < 4.78 is 17.9. The Morgan fingerprint density at radius 3 is 2.59 bits per heavy atom. The number of allylic oxidation sites excluding steroid dienone is 4. The second kappa shape index (κ2) is 11.4. The first-order valence-corrected chi connectivity index (χ1v) is 13.1. The van der Waals surface area contributed by atoms with Crippen molar-refractivity contribution in [1.29, 1.82) is 0 Å². The van der Waals surface area contributed by atoms with Crippen LogP contribution in [0.4, 0.5) is 0 Å². The van der Waals surface area contributed by atoms with Crippen molar-refractivity contribution in [2.75, 3.05) is 13.9 Å². The molecule has 0 bridgehead atoms. The molecule has 0 radical (unpaired) electrons. The molecule has 1 aliphatic heterocycles. The van der Waals surface area contributed by atoms with Gasteiger partial charge in [-0.1, -0.05) is 62.7 Å². The van der Waals surface area contributed by atoms with Crippen molar-refractivity contribution in [2.24, 2.45) is 16.7 Å². The topological polar surface area (TPSA) is 27.7 Å². The zero-order valence-electron chi connectivity index (χ0n) is 21.3. The van der Waals surface area contributed by atoms with E-state index in [0.29, 0.717) is 22.9 Å². The Kier molecular flexibility index (Phi) is 9.72. The maximum atomic E-state index is 6.74. The molecule has 1 spiro atoms. The van der Waals surface area contributed by atoms with Crippen molar-refractivity contribution < 1.29 is 14.2 Å². The fraction of sp³-hybridized carbons (Fsp3) is 0.714. The van der Waals surface area contributed by atoms with E-state index in [2.05, 4.69) is 69.8 Å². The molecule has 3 nitrogen and oxygen atoms in total. The summed E-state index contributed by atoms with van der Waals surface area (Å²) in [4.78, 5) is 0.552. The van der Waals surface area contributed by atoms with Gasteiger partial charge in [-0.25, -0.2) is 0 Å². The molecule has 0 aromatic heterocycles. The molecular weight excluding hydrogens is 464 g/mol. The lowest BCUT2D eigenvalue weighted by Crippen LogP contribution is -2.51. The minimum absolute atomic E-state index is 0.198. The zero-order valence-corrected chi connectivity index (χ0v) is 22.9. The molecule has 1 saturated carbocycles. The molecule has 4 heteroatoms. The van der Waals surface area contributed by atoms with Crippen LogP contribution >= 0.6 is 15.9 Å². The van der Waals surface area contributed by atoms with Gasteiger partial charge in [0.1, 0.15) is 17.1 Å². The smallest absolute Gasteiger partial charge is 0.188 e. The first-order valence-electron chi connectivity index (χ1n) is 12.2. The summed E-state index contributed by atoms with van der Waals surface area (Å²) in [5.41, 5.74) is 1.20. The molecule has 2 aliphatic rings. The first-order chi connectivity index (χ1) is 15.0. The van der Waals surface area contributed by atoms with Crippen molar-refractivity contribution in [1.82, 2.24) is 0 Å². The third-order valence-electron chi connectivity index (χ3n) is 7.82. The summed E-state index contributed by atoms with van der Waals surface area (Å²) in [6, 6.07) is 0. The molecule has 1 aliphatic carbocycles. The Morgan fingerprint density at radius 1 is 1.28 bits per heavy atom. The normalized spacial score (nSPS) is 33.5. The van der Waals surface area contributed by atoms with Crippen LogP contribution in [0.2, 0.25) is 0 Å². The summed E-state index contributed by atoms with van der Waals surface area (Å²) >= 11 is 3.98. The van der Waals surface area contributed by atoms with E-state index >= 15 is 0 Å². The minimum Gasteiger partial charge on any atom is -0.488 e. The van der Waals surface area contributed by atoms with Gasteiger partial charge < -0.3 is 14.2 Å². The van der Waals surface area contributed by atoms with Crippen molar-refractivity contribution in [3.63, 3.8) is 0 Å². The average Bonchev–Trinajstić information content (AvgIpc) is 2.72. The summed E-state index contributed by atoms with van der Waals surface area (Å²) in [6.45, 7) is 20.3. The van der Waals surface area contributed by atoms with Crippen molar-refractivity contribution in [3.8, 4) is 0 Å². The van der Waals surface area contributed by atoms with Crippen LogP contribution < -0.4 is 0 Å². The molecule has 0 N–H and O–H groups in total. The van der Waals surface area contributed by atoms with E-state index < -0.39 is 0 Å². The second-order valence-electron chi connectivity index (χ2n) is 10.7. The maximum absolute atomic E-state index is 6.74. The fourth-order valence-corrected chi connectivity index (χ4v) is 6.41. The van der Waals surface area contributed by atoms with Gasteiger partial charge in [-0.2, -0.15) is 0 Å². The van der Waals surface area contributed by atoms with E-state index in [-0.39, 0.29) is 23.2 Å². The van der Waals surface area contributed by atoms with Gasteiger partial charge in [-0.3, -0.25) is 0 Å². The highest BCUT2D eigenvalue weighted by Crippen LogP contribution is 2.58. The number of hydrogen-bond donors (Lipinski definition) is 0. The highest BCUT2D eigenvalue weighted by atomic mass is 79.9. The van der Waals surface area contributed by atoms with Crippen LogP contribution in [0.25, 0.3) is 0 Å². The largest absolute Gasteiger partial charge is 0.488 e. The highest BCUT2D eigenvalue weighted by molar-refractivity contribution is 9.09. The second-order valence-corrected chi connectivity index (χ2v) is 11.8. The Labute approximate surface area is 205 Å². The van der Waals surface area contributed by atoms with Gasteiger partial charge in [-0.05, 0) is 74.9 Å². The van der Waals surface area contributed by atoms with Crippen LogP contribution in [-0.4, -0.2) is 24.3 Å². The molecule has 1 fully saturated rings. The van der Waals surface area contributed by atoms with Crippen LogP contribution in [0.3, 0.4) is 0 Å². The van der Waals surface area contributed by atoms with E-state index in [0.717, 1.165) is 37.0 Å². The average molecular weight is 510 g/mol. The van der Waals surface area contributed by atoms with Crippen LogP contribution in [0.15, 0.2) is 48.5 Å². The predicted molar refractivity (Wildman–Crippen MR) is 139 cm³/mol. The van der Waals surface area contributed by atoms with Gasteiger partial charge in [0.15, 0.2) is 6.79 Å². The number of hydrogen-bond acceptors (Lipinski definition) is 3. The number of ether oxygens (including phenoxy) is 3. The number of rotatable bonds is 7. The number of halogens is 1. The Hall–Kier alpha value is -1.000. The van der Waals surface area contributed by atoms with E-state index in [4.69, 9.17) is 14.2 Å². The van der Waals surface area contributed by atoms with Crippen LogP contribution in [0.1, 0.15) is 86.0 Å². The van der Waals surface area contributed by atoms with Crippen LogP contribution in [0, 0.1) is 16.7 Å². The fourth-order valence-electron chi connectivity index (χ4n) is 6.02. The standard InChI is InChI=1S/C28H45BrO3/c1-9-12-23-18-21(3)32-27(7,15-10-2)22(4)28(16-11-13-24(23)31-20-30-8)17-14-25(29)26(5,6)19-28/h9,13,18,22,25H,1,3,10-12,14-17,19-20H2,2,4-8H3/t22-,25+,27?,28?/m1/s1. The Morgan fingerprint density at radius 2 is 2.00 bits per heavy atom. The third-order valence-corrected chi connectivity index (χ3v) is 9.51. The zero-order chi connectivity index (χ0) is 24.0. The lowest BCUT2D eigenvalue weighted by atomic mass is 9.54. The molecular formula is C28H45BrO3. The molecule has 0 aromatic carbocycles. The monoisotopic (exact) mass is 508 g/mol. The van der Waals surface area contributed by atoms with Gasteiger partial charge in [0.2, 0.25) is 0 Å². The van der Waals surface area contributed by atoms with Crippen molar-refractivity contribution >= 4 is 15.9 Å². The molecule has 2 rings (SSSR count). The Bertz CT molecular complexity index is 722. The lowest BCUT2D eigenvalue weighted by Gasteiger charge is -2.55. The molecule has 0 aromatic rings. The quantitative estimate of drug-likeness (QED) is 0.196. The lowest BCUT2D eigenvalue weighted by molar-refractivity contribution is -0.105. The van der Waals surface area contributed by atoms with Gasteiger partial charge >= 0.3 is 0 Å².